The molecule has 3 atom stereocenters. The zero-order valence-electron chi connectivity index (χ0n) is 16.6. The van der Waals surface area contributed by atoms with E-state index < -0.39 is 8.32 Å². The van der Waals surface area contributed by atoms with Crippen LogP contribution >= 0.6 is 0 Å². The van der Waals surface area contributed by atoms with Crippen molar-refractivity contribution < 1.29 is 13.9 Å². The van der Waals surface area contributed by atoms with Gasteiger partial charge in [0, 0.05) is 19.4 Å². The zero-order chi connectivity index (χ0) is 18.2. The normalized spacial score (nSPS) is 26.0. The van der Waals surface area contributed by atoms with E-state index in [2.05, 4.69) is 59.5 Å². The molecule has 0 aromatic rings. The van der Waals surface area contributed by atoms with E-state index in [-0.39, 0.29) is 23.4 Å². The fourth-order valence-electron chi connectivity index (χ4n) is 2.44. The van der Waals surface area contributed by atoms with Gasteiger partial charge in [-0.1, -0.05) is 52.3 Å². The molecular formula is C20H38O3Si. The van der Waals surface area contributed by atoms with Crippen LogP contribution in [0.2, 0.25) is 18.1 Å². The first kappa shape index (κ1) is 21.6. The average molecular weight is 355 g/mol. The Morgan fingerprint density at radius 2 is 1.88 bits per heavy atom. The number of rotatable bonds is 9. The molecule has 3 nitrogen and oxygen atoms in total. The third kappa shape index (κ3) is 7.22. The van der Waals surface area contributed by atoms with Gasteiger partial charge in [0.2, 0.25) is 0 Å². The van der Waals surface area contributed by atoms with E-state index in [0.29, 0.717) is 6.61 Å². The van der Waals surface area contributed by atoms with Crippen LogP contribution in [-0.2, 0) is 13.9 Å². The molecule has 4 heteroatoms. The van der Waals surface area contributed by atoms with Gasteiger partial charge in [-0.25, -0.2) is 0 Å². The van der Waals surface area contributed by atoms with Crippen molar-refractivity contribution in [3.05, 3.63) is 24.8 Å². The van der Waals surface area contributed by atoms with E-state index in [0.717, 1.165) is 25.9 Å². The van der Waals surface area contributed by atoms with E-state index in [9.17, 15) is 0 Å². The van der Waals surface area contributed by atoms with E-state index in [4.69, 9.17) is 13.9 Å². The largest absolute Gasteiger partial charge is 0.413 e. The molecule has 0 aromatic heterocycles. The molecule has 1 aliphatic rings. The van der Waals surface area contributed by atoms with Crippen LogP contribution in [0.5, 0.6) is 0 Å². The minimum Gasteiger partial charge on any atom is -0.413 e. The first-order valence-corrected chi connectivity index (χ1v) is 12.3. The second-order valence-corrected chi connectivity index (χ2v) is 13.1. The molecule has 1 aliphatic heterocycles. The highest BCUT2D eigenvalue weighted by Gasteiger charge is 2.36. The van der Waals surface area contributed by atoms with Crippen molar-refractivity contribution in [3.8, 4) is 0 Å². The molecule has 0 spiro atoms. The molecule has 0 aliphatic carbocycles. The molecule has 0 amide bonds. The molecule has 0 saturated carbocycles. The van der Waals surface area contributed by atoms with Crippen molar-refractivity contribution in [1.29, 1.82) is 0 Å². The molecule has 0 N–H and O–H groups in total. The molecular weight excluding hydrogens is 316 g/mol. The first-order chi connectivity index (χ1) is 11.2. The highest BCUT2D eigenvalue weighted by Crippen LogP contribution is 2.36. The molecule has 24 heavy (non-hydrogen) atoms. The van der Waals surface area contributed by atoms with Crippen molar-refractivity contribution in [2.45, 2.75) is 89.8 Å². The van der Waals surface area contributed by atoms with Crippen LogP contribution in [0.1, 0.15) is 53.4 Å². The van der Waals surface area contributed by atoms with Crippen molar-refractivity contribution in [2.75, 3.05) is 13.2 Å². The van der Waals surface area contributed by atoms with E-state index in [1.165, 1.54) is 6.42 Å². The van der Waals surface area contributed by atoms with Crippen LogP contribution in [0.3, 0.4) is 0 Å². The van der Waals surface area contributed by atoms with Gasteiger partial charge in [-0.2, -0.15) is 0 Å². The predicted octanol–water partition coefficient (Wildman–Crippen LogP) is 5.48. The Morgan fingerprint density at radius 3 is 2.46 bits per heavy atom. The highest BCUT2D eigenvalue weighted by molar-refractivity contribution is 6.74. The summed E-state index contributed by atoms with van der Waals surface area (Å²) in [5, 5.41) is 0.244. The summed E-state index contributed by atoms with van der Waals surface area (Å²) in [6.45, 7) is 18.9. The van der Waals surface area contributed by atoms with Crippen LogP contribution in [-0.4, -0.2) is 39.8 Å². The minimum atomic E-state index is -1.68. The molecule has 0 aromatic carbocycles. The maximum absolute atomic E-state index is 6.19. The Hall–Kier alpha value is -0.423. The Bertz CT molecular complexity index is 398. The maximum Gasteiger partial charge on any atom is 0.192 e. The molecule has 1 rings (SSSR count). The SMILES string of the molecule is C=C[C@H]1C[C@@H](OCCCC)C[C@@H](/C=C\CO[Si](C)(C)C(C)(C)C)O1. The number of hydrogen-bond donors (Lipinski definition) is 0. The van der Waals surface area contributed by atoms with Crippen molar-refractivity contribution in [3.63, 3.8) is 0 Å². The third-order valence-corrected chi connectivity index (χ3v) is 9.65. The molecule has 1 fully saturated rings. The second-order valence-electron chi connectivity index (χ2n) is 8.27. The van der Waals surface area contributed by atoms with Gasteiger partial charge in [-0.15, -0.1) is 6.58 Å². The van der Waals surface area contributed by atoms with Crippen molar-refractivity contribution >= 4 is 8.32 Å². The quantitative estimate of drug-likeness (QED) is 0.311. The lowest BCUT2D eigenvalue weighted by Gasteiger charge is -2.36. The van der Waals surface area contributed by atoms with Crippen molar-refractivity contribution in [2.24, 2.45) is 0 Å². The summed E-state index contributed by atoms with van der Waals surface area (Å²) in [6, 6.07) is 0. The summed E-state index contributed by atoms with van der Waals surface area (Å²) >= 11 is 0. The lowest BCUT2D eigenvalue weighted by Crippen LogP contribution is -2.40. The van der Waals surface area contributed by atoms with Gasteiger partial charge in [0.25, 0.3) is 0 Å². The van der Waals surface area contributed by atoms with Crippen molar-refractivity contribution in [1.82, 2.24) is 0 Å². The van der Waals surface area contributed by atoms with Gasteiger partial charge in [0.05, 0.1) is 24.9 Å². The van der Waals surface area contributed by atoms with E-state index >= 15 is 0 Å². The van der Waals surface area contributed by atoms with Gasteiger partial charge >= 0.3 is 0 Å². The zero-order valence-corrected chi connectivity index (χ0v) is 17.6. The Balaban J connectivity index is 2.48. The van der Waals surface area contributed by atoms with Crippen LogP contribution in [0.25, 0.3) is 0 Å². The summed E-state index contributed by atoms with van der Waals surface area (Å²) in [7, 11) is -1.68. The number of ether oxygens (including phenoxy) is 2. The Morgan fingerprint density at radius 1 is 1.21 bits per heavy atom. The molecule has 0 radical (unpaired) electrons. The summed E-state index contributed by atoms with van der Waals surface area (Å²) in [5.74, 6) is 0. The summed E-state index contributed by atoms with van der Waals surface area (Å²) in [4.78, 5) is 0. The van der Waals surface area contributed by atoms with E-state index in [1.54, 1.807) is 0 Å². The van der Waals surface area contributed by atoms with Gasteiger partial charge in [-0.3, -0.25) is 0 Å². The third-order valence-electron chi connectivity index (χ3n) is 5.15. The smallest absolute Gasteiger partial charge is 0.192 e. The van der Waals surface area contributed by atoms with Crippen LogP contribution in [0.4, 0.5) is 0 Å². The molecule has 140 valence electrons. The summed E-state index contributed by atoms with van der Waals surface area (Å²) in [5.41, 5.74) is 0. The summed E-state index contributed by atoms with van der Waals surface area (Å²) < 4.78 is 18.2. The molecule has 0 bridgehead atoms. The van der Waals surface area contributed by atoms with Gasteiger partial charge in [0.1, 0.15) is 0 Å². The van der Waals surface area contributed by atoms with Gasteiger partial charge in [0.15, 0.2) is 8.32 Å². The standard InChI is InChI=1S/C20H38O3Si/c1-8-10-13-21-19-15-17(9-2)23-18(16-19)12-11-14-22-24(6,7)20(3,4)5/h9,11-12,17-19H,2,8,10,13-16H2,1,3-7H3/b12-11-/t17-,18+,19+/m0/s1. The van der Waals surface area contributed by atoms with Crippen LogP contribution in [0, 0.1) is 0 Å². The average Bonchev–Trinajstić information content (AvgIpc) is 2.50. The minimum absolute atomic E-state index is 0.0846. The lowest BCUT2D eigenvalue weighted by atomic mass is 10.0. The maximum atomic E-state index is 6.19. The van der Waals surface area contributed by atoms with E-state index in [1.807, 2.05) is 6.08 Å². The predicted molar refractivity (Wildman–Crippen MR) is 105 cm³/mol. The first-order valence-electron chi connectivity index (χ1n) is 9.40. The lowest BCUT2D eigenvalue weighted by molar-refractivity contribution is -0.0823. The fraction of sp³-hybridized carbons (Fsp3) is 0.800. The number of unbranched alkanes of at least 4 members (excludes halogenated alkanes) is 1. The topological polar surface area (TPSA) is 27.7 Å². The number of hydrogen-bond acceptors (Lipinski definition) is 3. The Kier molecular flexibility index (Phi) is 8.92. The molecule has 0 unspecified atom stereocenters. The molecule has 1 saturated heterocycles. The van der Waals surface area contributed by atoms with Gasteiger partial charge < -0.3 is 13.9 Å². The molecule has 1 heterocycles. The Labute approximate surface area is 150 Å². The fourth-order valence-corrected chi connectivity index (χ4v) is 3.38. The monoisotopic (exact) mass is 354 g/mol. The van der Waals surface area contributed by atoms with Crippen LogP contribution in [0.15, 0.2) is 24.8 Å². The summed E-state index contributed by atoms with van der Waals surface area (Å²) in [6.07, 6.45) is 10.7. The highest BCUT2D eigenvalue weighted by atomic mass is 28.4. The van der Waals surface area contributed by atoms with Crippen LogP contribution < -0.4 is 0 Å². The van der Waals surface area contributed by atoms with Gasteiger partial charge in [-0.05, 0) is 24.6 Å². The second kappa shape index (κ2) is 9.90.